The van der Waals surface area contributed by atoms with Gasteiger partial charge in [-0.1, -0.05) is 38.5 Å². The maximum absolute atomic E-state index is 11.1. The summed E-state index contributed by atoms with van der Waals surface area (Å²) in [6.07, 6.45) is 12.1. The standard InChI is InChI=1S/C14H24O2/c1-11(15)16-14-10-6-5-9-13(14)12-7-3-2-4-8-12/h12-14H,2-10H2,1H3/t13-,14+/m0/s1. The van der Waals surface area contributed by atoms with E-state index >= 15 is 0 Å². The van der Waals surface area contributed by atoms with Crippen molar-refractivity contribution in [2.75, 3.05) is 0 Å². The Hall–Kier alpha value is -0.530. The van der Waals surface area contributed by atoms with E-state index in [2.05, 4.69) is 0 Å². The Morgan fingerprint density at radius 1 is 0.938 bits per heavy atom. The molecule has 0 bridgehead atoms. The Labute approximate surface area is 98.7 Å². The van der Waals surface area contributed by atoms with Gasteiger partial charge in [0.15, 0.2) is 0 Å². The molecule has 2 aliphatic carbocycles. The molecule has 92 valence electrons. The highest BCUT2D eigenvalue weighted by molar-refractivity contribution is 5.66. The quantitative estimate of drug-likeness (QED) is 0.669. The van der Waals surface area contributed by atoms with Crippen LogP contribution in [0.5, 0.6) is 0 Å². The lowest BCUT2D eigenvalue weighted by Gasteiger charge is -2.38. The first-order valence-corrected chi connectivity index (χ1v) is 6.94. The first kappa shape index (κ1) is 11.9. The van der Waals surface area contributed by atoms with Crippen LogP contribution in [-0.2, 0) is 9.53 Å². The summed E-state index contributed by atoms with van der Waals surface area (Å²) >= 11 is 0. The predicted molar refractivity (Wildman–Crippen MR) is 64.1 cm³/mol. The average molecular weight is 224 g/mol. The molecule has 2 saturated carbocycles. The highest BCUT2D eigenvalue weighted by atomic mass is 16.5. The molecule has 2 rings (SSSR count). The maximum atomic E-state index is 11.1. The molecule has 2 nitrogen and oxygen atoms in total. The van der Waals surface area contributed by atoms with Gasteiger partial charge in [-0.05, 0) is 31.1 Å². The van der Waals surface area contributed by atoms with Crippen LogP contribution >= 0.6 is 0 Å². The van der Waals surface area contributed by atoms with Crippen molar-refractivity contribution in [2.45, 2.75) is 70.8 Å². The number of hydrogen-bond acceptors (Lipinski definition) is 2. The Balaban J connectivity index is 1.94. The summed E-state index contributed by atoms with van der Waals surface area (Å²) in [4.78, 5) is 11.1. The number of carbonyl (C=O) groups is 1. The lowest BCUT2D eigenvalue weighted by atomic mass is 9.72. The molecule has 0 amide bonds. The molecule has 0 radical (unpaired) electrons. The van der Waals surface area contributed by atoms with Gasteiger partial charge < -0.3 is 4.74 Å². The summed E-state index contributed by atoms with van der Waals surface area (Å²) in [5.74, 6) is 1.41. The summed E-state index contributed by atoms with van der Waals surface area (Å²) in [6, 6.07) is 0. The van der Waals surface area contributed by atoms with Gasteiger partial charge in [-0.15, -0.1) is 0 Å². The fourth-order valence-corrected chi connectivity index (χ4v) is 3.59. The van der Waals surface area contributed by atoms with Crippen molar-refractivity contribution in [3.05, 3.63) is 0 Å². The molecular weight excluding hydrogens is 200 g/mol. The number of rotatable bonds is 2. The van der Waals surface area contributed by atoms with Gasteiger partial charge in [0.2, 0.25) is 0 Å². The molecule has 0 saturated heterocycles. The van der Waals surface area contributed by atoms with Crippen molar-refractivity contribution < 1.29 is 9.53 Å². The molecule has 2 fully saturated rings. The van der Waals surface area contributed by atoms with Gasteiger partial charge in [0.25, 0.3) is 0 Å². The molecule has 0 aromatic heterocycles. The van der Waals surface area contributed by atoms with Crippen molar-refractivity contribution in [3.63, 3.8) is 0 Å². The summed E-state index contributed by atoms with van der Waals surface area (Å²) in [5.41, 5.74) is 0. The third kappa shape index (κ3) is 2.99. The molecular formula is C14H24O2. The van der Waals surface area contributed by atoms with Crippen LogP contribution in [0.2, 0.25) is 0 Å². The zero-order valence-corrected chi connectivity index (χ0v) is 10.4. The second kappa shape index (κ2) is 5.70. The van der Waals surface area contributed by atoms with E-state index < -0.39 is 0 Å². The fourth-order valence-electron chi connectivity index (χ4n) is 3.59. The van der Waals surface area contributed by atoms with Crippen molar-refractivity contribution >= 4 is 5.97 Å². The van der Waals surface area contributed by atoms with E-state index in [1.54, 1.807) is 6.92 Å². The molecule has 0 aromatic carbocycles. The van der Waals surface area contributed by atoms with Crippen LogP contribution in [0.1, 0.15) is 64.7 Å². The minimum Gasteiger partial charge on any atom is -0.462 e. The van der Waals surface area contributed by atoms with Gasteiger partial charge in [0.05, 0.1) is 0 Å². The number of hydrogen-bond donors (Lipinski definition) is 0. The van der Waals surface area contributed by atoms with Crippen LogP contribution in [-0.4, -0.2) is 12.1 Å². The third-order valence-corrected chi connectivity index (χ3v) is 4.33. The van der Waals surface area contributed by atoms with E-state index in [-0.39, 0.29) is 12.1 Å². The molecule has 0 spiro atoms. The molecule has 0 unspecified atom stereocenters. The molecule has 2 atom stereocenters. The lowest BCUT2D eigenvalue weighted by Crippen LogP contribution is -2.35. The van der Waals surface area contributed by atoms with E-state index in [4.69, 9.17) is 4.74 Å². The van der Waals surface area contributed by atoms with Gasteiger partial charge >= 0.3 is 5.97 Å². The van der Waals surface area contributed by atoms with Gasteiger partial charge in [0, 0.05) is 6.92 Å². The van der Waals surface area contributed by atoms with E-state index in [1.807, 2.05) is 0 Å². The number of ether oxygens (including phenoxy) is 1. The van der Waals surface area contributed by atoms with Gasteiger partial charge in [0.1, 0.15) is 6.10 Å². The van der Waals surface area contributed by atoms with Crippen LogP contribution in [0, 0.1) is 11.8 Å². The second-order valence-electron chi connectivity index (χ2n) is 5.49. The fraction of sp³-hybridized carbons (Fsp3) is 0.929. The van der Waals surface area contributed by atoms with E-state index in [0.29, 0.717) is 5.92 Å². The molecule has 0 aromatic rings. The largest absolute Gasteiger partial charge is 0.462 e. The van der Waals surface area contributed by atoms with Crippen molar-refractivity contribution in [3.8, 4) is 0 Å². The lowest BCUT2D eigenvalue weighted by molar-refractivity contribution is -0.152. The van der Waals surface area contributed by atoms with Crippen LogP contribution < -0.4 is 0 Å². The first-order chi connectivity index (χ1) is 7.77. The van der Waals surface area contributed by atoms with Crippen molar-refractivity contribution in [2.24, 2.45) is 11.8 Å². The predicted octanol–water partition coefficient (Wildman–Crippen LogP) is 3.69. The smallest absolute Gasteiger partial charge is 0.302 e. The summed E-state index contributed by atoms with van der Waals surface area (Å²) in [6.45, 7) is 1.55. The van der Waals surface area contributed by atoms with Gasteiger partial charge in [-0.2, -0.15) is 0 Å². The normalized spacial score (nSPS) is 32.3. The van der Waals surface area contributed by atoms with Crippen LogP contribution in [0.4, 0.5) is 0 Å². The molecule has 0 heterocycles. The van der Waals surface area contributed by atoms with Crippen LogP contribution in [0.25, 0.3) is 0 Å². The average Bonchev–Trinajstić information content (AvgIpc) is 2.30. The molecule has 0 N–H and O–H groups in total. The summed E-state index contributed by atoms with van der Waals surface area (Å²) in [7, 11) is 0. The zero-order valence-electron chi connectivity index (χ0n) is 10.4. The molecule has 2 aliphatic rings. The Kier molecular flexibility index (Phi) is 4.25. The summed E-state index contributed by atoms with van der Waals surface area (Å²) in [5, 5.41) is 0. The Bertz CT molecular complexity index is 231. The zero-order chi connectivity index (χ0) is 11.4. The SMILES string of the molecule is CC(=O)O[C@@H]1CCCC[C@H]1C1CCCCC1. The second-order valence-corrected chi connectivity index (χ2v) is 5.49. The van der Waals surface area contributed by atoms with Gasteiger partial charge in [-0.3, -0.25) is 4.79 Å². The van der Waals surface area contributed by atoms with E-state index in [0.717, 1.165) is 12.3 Å². The summed E-state index contributed by atoms with van der Waals surface area (Å²) < 4.78 is 5.52. The van der Waals surface area contributed by atoms with E-state index in [9.17, 15) is 4.79 Å². The third-order valence-electron chi connectivity index (χ3n) is 4.33. The topological polar surface area (TPSA) is 26.3 Å². The molecule has 2 heteroatoms. The van der Waals surface area contributed by atoms with Crippen molar-refractivity contribution in [1.29, 1.82) is 0 Å². The Morgan fingerprint density at radius 3 is 2.25 bits per heavy atom. The van der Waals surface area contributed by atoms with Gasteiger partial charge in [-0.25, -0.2) is 0 Å². The van der Waals surface area contributed by atoms with Crippen LogP contribution in [0.15, 0.2) is 0 Å². The number of esters is 1. The monoisotopic (exact) mass is 224 g/mol. The number of carbonyl (C=O) groups excluding carboxylic acids is 1. The molecule has 0 aliphatic heterocycles. The van der Waals surface area contributed by atoms with Crippen molar-refractivity contribution in [1.82, 2.24) is 0 Å². The van der Waals surface area contributed by atoms with E-state index in [1.165, 1.54) is 51.4 Å². The highest BCUT2D eigenvalue weighted by Gasteiger charge is 2.34. The first-order valence-electron chi connectivity index (χ1n) is 6.94. The maximum Gasteiger partial charge on any atom is 0.302 e. The Morgan fingerprint density at radius 2 is 1.56 bits per heavy atom. The van der Waals surface area contributed by atoms with Crippen LogP contribution in [0.3, 0.4) is 0 Å². The highest BCUT2D eigenvalue weighted by Crippen LogP contribution is 2.39. The minimum absolute atomic E-state index is 0.0901. The molecule has 16 heavy (non-hydrogen) atoms. The minimum atomic E-state index is -0.0901.